The van der Waals surface area contributed by atoms with E-state index in [1.807, 2.05) is 10.8 Å². The quantitative estimate of drug-likeness (QED) is 0.793. The van der Waals surface area contributed by atoms with E-state index in [-0.39, 0.29) is 11.0 Å². The van der Waals surface area contributed by atoms with Crippen molar-refractivity contribution in [1.29, 1.82) is 0 Å². The Kier molecular flexibility index (Phi) is 4.37. The molecule has 0 radical (unpaired) electrons. The Hall–Kier alpha value is -2.44. The van der Waals surface area contributed by atoms with Crippen LogP contribution in [-0.2, 0) is 12.0 Å². The molecule has 154 valence electrons. The molecule has 2 aromatic heterocycles. The van der Waals surface area contributed by atoms with Gasteiger partial charge in [-0.15, -0.1) is 0 Å². The zero-order valence-electron chi connectivity index (χ0n) is 17.6. The standard InChI is InChI=1S/C22H30N6O/c1-22(2,3)18-8-19(25-14-24-18)27-10-16-12-28(13-17(16)11-27)20-21(29)26(7-6-23-20)9-15-4-5-15/h6-8,14-17H,4-5,9-13H2,1-3H3. The average Bonchev–Trinajstić information content (AvgIpc) is 3.27. The first-order valence-corrected chi connectivity index (χ1v) is 10.8. The number of aromatic nitrogens is 4. The zero-order valence-corrected chi connectivity index (χ0v) is 17.6. The van der Waals surface area contributed by atoms with Crippen LogP contribution in [0.3, 0.4) is 0 Å². The van der Waals surface area contributed by atoms with Crippen LogP contribution in [0, 0.1) is 17.8 Å². The third-order valence-corrected chi connectivity index (χ3v) is 6.58. The summed E-state index contributed by atoms with van der Waals surface area (Å²) in [6.07, 6.45) is 7.80. The topological polar surface area (TPSA) is 67.2 Å². The summed E-state index contributed by atoms with van der Waals surface area (Å²) in [7, 11) is 0. The summed E-state index contributed by atoms with van der Waals surface area (Å²) < 4.78 is 1.86. The fourth-order valence-electron chi connectivity index (χ4n) is 4.66. The van der Waals surface area contributed by atoms with Crippen molar-refractivity contribution in [3.63, 3.8) is 0 Å². The third-order valence-electron chi connectivity index (χ3n) is 6.58. The Morgan fingerprint density at radius 2 is 1.69 bits per heavy atom. The predicted octanol–water partition coefficient (Wildman–Crippen LogP) is 2.31. The largest absolute Gasteiger partial charge is 0.356 e. The van der Waals surface area contributed by atoms with Crippen LogP contribution in [0.25, 0.3) is 0 Å². The highest BCUT2D eigenvalue weighted by atomic mass is 16.1. The normalized spacial score (nSPS) is 24.2. The highest BCUT2D eigenvalue weighted by molar-refractivity contribution is 5.45. The summed E-state index contributed by atoms with van der Waals surface area (Å²) in [6.45, 7) is 11.1. The average molecular weight is 395 g/mol. The number of anilines is 2. The molecule has 3 fully saturated rings. The molecule has 0 spiro atoms. The summed E-state index contributed by atoms with van der Waals surface area (Å²) in [5.41, 5.74) is 1.16. The molecule has 1 saturated carbocycles. The highest BCUT2D eigenvalue weighted by Crippen LogP contribution is 2.35. The van der Waals surface area contributed by atoms with Crippen LogP contribution in [0.15, 0.2) is 29.6 Å². The highest BCUT2D eigenvalue weighted by Gasteiger charge is 2.41. The minimum atomic E-state index is 0.0173. The summed E-state index contributed by atoms with van der Waals surface area (Å²) in [5, 5.41) is 0. The van der Waals surface area contributed by atoms with Crippen molar-refractivity contribution in [3.8, 4) is 0 Å². The van der Waals surface area contributed by atoms with Crippen LogP contribution < -0.4 is 15.4 Å². The molecule has 0 bridgehead atoms. The van der Waals surface area contributed by atoms with Crippen molar-refractivity contribution in [2.24, 2.45) is 17.8 Å². The van der Waals surface area contributed by atoms with Gasteiger partial charge in [-0.1, -0.05) is 20.8 Å². The first-order valence-electron chi connectivity index (χ1n) is 10.8. The van der Waals surface area contributed by atoms with Gasteiger partial charge in [0.2, 0.25) is 0 Å². The maximum Gasteiger partial charge on any atom is 0.293 e. The first-order chi connectivity index (χ1) is 13.9. The number of hydrogen-bond donors (Lipinski definition) is 0. The van der Waals surface area contributed by atoms with Crippen LogP contribution >= 0.6 is 0 Å². The van der Waals surface area contributed by atoms with E-state index >= 15 is 0 Å². The lowest BCUT2D eigenvalue weighted by atomic mass is 9.92. The van der Waals surface area contributed by atoms with Crippen LogP contribution in [0.5, 0.6) is 0 Å². The van der Waals surface area contributed by atoms with Crippen molar-refractivity contribution in [2.75, 3.05) is 36.0 Å². The van der Waals surface area contributed by atoms with Gasteiger partial charge in [-0.05, 0) is 18.8 Å². The molecular formula is C22H30N6O. The number of nitrogens with zero attached hydrogens (tertiary/aromatic N) is 6. The molecule has 4 heterocycles. The lowest BCUT2D eigenvalue weighted by Crippen LogP contribution is -2.35. The molecule has 0 amide bonds. The fourth-order valence-corrected chi connectivity index (χ4v) is 4.66. The van der Waals surface area contributed by atoms with E-state index < -0.39 is 0 Å². The smallest absolute Gasteiger partial charge is 0.293 e. The van der Waals surface area contributed by atoms with Gasteiger partial charge in [-0.3, -0.25) is 4.79 Å². The van der Waals surface area contributed by atoms with Gasteiger partial charge >= 0.3 is 0 Å². The summed E-state index contributed by atoms with van der Waals surface area (Å²) in [5.74, 6) is 3.42. The Morgan fingerprint density at radius 1 is 1.00 bits per heavy atom. The van der Waals surface area contributed by atoms with Crippen molar-refractivity contribution < 1.29 is 0 Å². The lowest BCUT2D eigenvalue weighted by Gasteiger charge is -2.24. The molecule has 2 atom stereocenters. The molecule has 2 aromatic rings. The molecule has 1 aliphatic carbocycles. The SMILES string of the molecule is CC(C)(C)c1cc(N2CC3CN(c4nccn(CC5CC5)c4=O)CC3C2)ncn1. The second kappa shape index (κ2) is 6.82. The minimum Gasteiger partial charge on any atom is -0.356 e. The van der Waals surface area contributed by atoms with Crippen molar-refractivity contribution in [2.45, 2.75) is 45.6 Å². The van der Waals surface area contributed by atoms with Gasteiger partial charge in [0.15, 0.2) is 5.82 Å². The molecule has 0 N–H and O–H groups in total. The molecule has 7 nitrogen and oxygen atoms in total. The monoisotopic (exact) mass is 394 g/mol. The summed E-state index contributed by atoms with van der Waals surface area (Å²) in [6, 6.07) is 2.13. The van der Waals surface area contributed by atoms with E-state index in [1.54, 1.807) is 12.5 Å². The molecular weight excluding hydrogens is 364 g/mol. The van der Waals surface area contributed by atoms with E-state index in [0.29, 0.717) is 23.6 Å². The van der Waals surface area contributed by atoms with Crippen molar-refractivity contribution in [3.05, 3.63) is 40.8 Å². The second-order valence-corrected chi connectivity index (χ2v) is 9.99. The summed E-state index contributed by atoms with van der Waals surface area (Å²) >= 11 is 0. The van der Waals surface area contributed by atoms with Gasteiger partial charge in [0.05, 0.1) is 5.69 Å². The lowest BCUT2D eigenvalue weighted by molar-refractivity contribution is 0.533. The molecule has 7 heteroatoms. The second-order valence-electron chi connectivity index (χ2n) is 9.99. The Morgan fingerprint density at radius 3 is 2.34 bits per heavy atom. The van der Waals surface area contributed by atoms with Gasteiger partial charge in [-0.25, -0.2) is 15.0 Å². The predicted molar refractivity (Wildman–Crippen MR) is 113 cm³/mol. The Labute approximate surface area is 171 Å². The zero-order chi connectivity index (χ0) is 20.2. The number of hydrogen-bond acceptors (Lipinski definition) is 6. The molecule has 2 aliphatic heterocycles. The van der Waals surface area contributed by atoms with Gasteiger partial charge in [0.1, 0.15) is 12.1 Å². The van der Waals surface area contributed by atoms with Gasteiger partial charge in [-0.2, -0.15) is 0 Å². The molecule has 5 rings (SSSR count). The molecule has 0 aromatic carbocycles. The van der Waals surface area contributed by atoms with Gasteiger partial charge in [0, 0.05) is 68.4 Å². The van der Waals surface area contributed by atoms with E-state index in [2.05, 4.69) is 51.6 Å². The van der Waals surface area contributed by atoms with Crippen LogP contribution in [0.4, 0.5) is 11.6 Å². The van der Waals surface area contributed by atoms with Crippen molar-refractivity contribution in [1.82, 2.24) is 19.5 Å². The summed E-state index contributed by atoms with van der Waals surface area (Å²) in [4.78, 5) is 30.9. The molecule has 29 heavy (non-hydrogen) atoms. The number of rotatable bonds is 4. The molecule has 2 saturated heterocycles. The Balaban J connectivity index is 1.29. The third kappa shape index (κ3) is 3.63. The minimum absolute atomic E-state index is 0.0173. The molecule has 2 unspecified atom stereocenters. The van der Waals surface area contributed by atoms with E-state index in [9.17, 15) is 4.79 Å². The maximum absolute atomic E-state index is 12.9. The van der Waals surface area contributed by atoms with Gasteiger partial charge < -0.3 is 14.4 Å². The van der Waals surface area contributed by atoms with Crippen LogP contribution in [-0.4, -0.2) is 45.7 Å². The van der Waals surface area contributed by atoms with E-state index in [0.717, 1.165) is 44.2 Å². The Bertz CT molecular complexity index is 946. The van der Waals surface area contributed by atoms with Crippen LogP contribution in [0.1, 0.15) is 39.3 Å². The molecule has 3 aliphatic rings. The maximum atomic E-state index is 12.9. The van der Waals surface area contributed by atoms with E-state index in [1.165, 1.54) is 12.8 Å². The number of fused-ring (bicyclic) bond motifs is 1. The van der Waals surface area contributed by atoms with Gasteiger partial charge in [0.25, 0.3) is 5.56 Å². The van der Waals surface area contributed by atoms with Crippen molar-refractivity contribution >= 4 is 11.6 Å². The fraction of sp³-hybridized carbons (Fsp3) is 0.636. The first kappa shape index (κ1) is 18.6. The van der Waals surface area contributed by atoms with Crippen LogP contribution in [0.2, 0.25) is 0 Å². The van der Waals surface area contributed by atoms with E-state index in [4.69, 9.17) is 0 Å².